The topological polar surface area (TPSA) is 60.9 Å². The third-order valence-electron chi connectivity index (χ3n) is 6.49. The number of nitrogens with zero attached hydrogens (tertiary/aromatic N) is 2. The summed E-state index contributed by atoms with van der Waals surface area (Å²) in [5.41, 5.74) is 4.80. The first-order valence-electron chi connectivity index (χ1n) is 11.8. The Kier molecular flexibility index (Phi) is 6.99. The van der Waals surface area contributed by atoms with Crippen molar-refractivity contribution >= 4 is 40.4 Å². The Hall–Kier alpha value is -3.57. The Morgan fingerprint density at radius 2 is 1.66 bits per heavy atom. The smallest absolute Gasteiger partial charge is 0.300 e. The second kappa shape index (κ2) is 9.96. The van der Waals surface area contributed by atoms with E-state index in [2.05, 4.69) is 18.7 Å². The fourth-order valence-corrected chi connectivity index (χ4v) is 4.91. The number of aryl methyl sites for hydroxylation is 2. The van der Waals surface area contributed by atoms with Crippen molar-refractivity contribution in [2.24, 2.45) is 0 Å². The maximum atomic E-state index is 13.4. The standard InChI is InChI=1S/C29H29ClN2O3/c1-5-31(6-2)23-13-11-20(12-14-23)26-25(27(33)21-8-7-9-22(30)17-21)28(34)29(35)32(26)24-15-10-18(3)16-19(24)4/h7-17,26,33H,5-6H2,1-4H3/b27-25+. The maximum Gasteiger partial charge on any atom is 0.300 e. The lowest BCUT2D eigenvalue weighted by atomic mass is 9.94. The summed E-state index contributed by atoms with van der Waals surface area (Å²) in [6.07, 6.45) is 0. The molecule has 1 N–H and O–H groups in total. The van der Waals surface area contributed by atoms with E-state index in [0.717, 1.165) is 35.5 Å². The zero-order valence-electron chi connectivity index (χ0n) is 20.4. The Bertz CT molecular complexity index is 1310. The van der Waals surface area contributed by atoms with Gasteiger partial charge in [0, 0.05) is 35.1 Å². The first-order chi connectivity index (χ1) is 16.8. The molecule has 5 nitrogen and oxygen atoms in total. The number of anilines is 2. The van der Waals surface area contributed by atoms with Gasteiger partial charge in [0.25, 0.3) is 11.7 Å². The molecule has 0 bridgehead atoms. The molecule has 3 aromatic carbocycles. The number of hydrogen-bond donors (Lipinski definition) is 1. The van der Waals surface area contributed by atoms with E-state index in [9.17, 15) is 14.7 Å². The minimum Gasteiger partial charge on any atom is -0.507 e. The van der Waals surface area contributed by atoms with Crippen LogP contribution in [0.2, 0.25) is 5.02 Å². The van der Waals surface area contributed by atoms with E-state index in [0.29, 0.717) is 16.3 Å². The van der Waals surface area contributed by atoms with Gasteiger partial charge >= 0.3 is 0 Å². The number of ketones is 1. The van der Waals surface area contributed by atoms with Gasteiger partial charge < -0.3 is 10.0 Å². The van der Waals surface area contributed by atoms with Crippen molar-refractivity contribution in [1.82, 2.24) is 0 Å². The van der Waals surface area contributed by atoms with E-state index in [1.807, 2.05) is 56.3 Å². The molecule has 35 heavy (non-hydrogen) atoms. The van der Waals surface area contributed by atoms with Crippen LogP contribution in [-0.4, -0.2) is 29.9 Å². The molecule has 1 unspecified atom stereocenters. The number of rotatable bonds is 6. The van der Waals surface area contributed by atoms with Crippen molar-refractivity contribution in [3.8, 4) is 0 Å². The molecule has 6 heteroatoms. The van der Waals surface area contributed by atoms with Crippen LogP contribution in [0.25, 0.3) is 5.76 Å². The zero-order valence-corrected chi connectivity index (χ0v) is 21.1. The number of carbonyl (C=O) groups excluding carboxylic acids is 2. The van der Waals surface area contributed by atoms with Crippen LogP contribution >= 0.6 is 11.6 Å². The Balaban J connectivity index is 1.93. The average Bonchev–Trinajstić information content (AvgIpc) is 3.10. The van der Waals surface area contributed by atoms with Gasteiger partial charge in [0.15, 0.2) is 0 Å². The third kappa shape index (κ3) is 4.56. The summed E-state index contributed by atoms with van der Waals surface area (Å²) in [7, 11) is 0. The first-order valence-corrected chi connectivity index (χ1v) is 12.1. The fraction of sp³-hybridized carbons (Fsp3) is 0.241. The summed E-state index contributed by atoms with van der Waals surface area (Å²) in [5, 5.41) is 11.7. The summed E-state index contributed by atoms with van der Waals surface area (Å²) in [6.45, 7) is 9.82. The molecule has 180 valence electrons. The number of amides is 1. The van der Waals surface area contributed by atoms with Crippen molar-refractivity contribution in [2.45, 2.75) is 33.7 Å². The molecule has 0 aromatic heterocycles. The van der Waals surface area contributed by atoms with Gasteiger partial charge in [-0.25, -0.2) is 0 Å². The van der Waals surface area contributed by atoms with E-state index < -0.39 is 17.7 Å². The molecule has 4 rings (SSSR count). The van der Waals surface area contributed by atoms with Crippen molar-refractivity contribution in [2.75, 3.05) is 22.9 Å². The van der Waals surface area contributed by atoms with Crippen LogP contribution in [0.4, 0.5) is 11.4 Å². The second-order valence-corrected chi connectivity index (χ2v) is 9.17. The van der Waals surface area contributed by atoms with Crippen LogP contribution < -0.4 is 9.80 Å². The SMILES string of the molecule is CCN(CC)c1ccc(C2/C(=C(\O)c3cccc(Cl)c3)C(=O)C(=O)N2c2ccc(C)cc2C)cc1. The first kappa shape index (κ1) is 24.6. The summed E-state index contributed by atoms with van der Waals surface area (Å²) in [6, 6.07) is 19.4. The average molecular weight is 489 g/mol. The molecule has 1 heterocycles. The van der Waals surface area contributed by atoms with Crippen LogP contribution in [0.1, 0.15) is 42.1 Å². The number of Topliss-reactive ketones (excluding diaryl/α,β-unsaturated/α-hetero) is 1. The highest BCUT2D eigenvalue weighted by molar-refractivity contribution is 6.51. The van der Waals surface area contributed by atoms with Crippen LogP contribution in [0.5, 0.6) is 0 Å². The summed E-state index contributed by atoms with van der Waals surface area (Å²) in [5.74, 6) is -1.63. The summed E-state index contributed by atoms with van der Waals surface area (Å²) < 4.78 is 0. The molecule has 1 saturated heterocycles. The van der Waals surface area contributed by atoms with Gasteiger partial charge in [-0.15, -0.1) is 0 Å². The van der Waals surface area contributed by atoms with Crippen molar-refractivity contribution in [3.05, 3.63) is 99.6 Å². The molecule has 1 atom stereocenters. The molecule has 1 aliphatic heterocycles. The van der Waals surface area contributed by atoms with Gasteiger partial charge in [0.2, 0.25) is 0 Å². The molecule has 1 fully saturated rings. The number of halogens is 1. The van der Waals surface area contributed by atoms with Crippen LogP contribution in [0, 0.1) is 13.8 Å². The molecule has 1 aliphatic rings. The predicted octanol–water partition coefficient (Wildman–Crippen LogP) is 6.43. The summed E-state index contributed by atoms with van der Waals surface area (Å²) >= 11 is 6.15. The number of hydrogen-bond acceptors (Lipinski definition) is 4. The minimum atomic E-state index is -0.777. The lowest BCUT2D eigenvalue weighted by molar-refractivity contribution is -0.132. The van der Waals surface area contributed by atoms with Gasteiger partial charge in [-0.05, 0) is 69.2 Å². The molecular weight excluding hydrogens is 460 g/mol. The van der Waals surface area contributed by atoms with E-state index in [1.54, 1.807) is 24.3 Å². The summed E-state index contributed by atoms with van der Waals surface area (Å²) in [4.78, 5) is 30.5. The Morgan fingerprint density at radius 3 is 2.26 bits per heavy atom. The molecule has 1 amide bonds. The van der Waals surface area contributed by atoms with Crippen molar-refractivity contribution < 1.29 is 14.7 Å². The Labute approximate surface area is 211 Å². The number of carbonyl (C=O) groups is 2. The van der Waals surface area contributed by atoms with Gasteiger partial charge in [-0.1, -0.05) is 53.6 Å². The molecular formula is C29H29ClN2O3. The normalized spacial score (nSPS) is 17.2. The minimum absolute atomic E-state index is 0.0489. The quantitative estimate of drug-likeness (QED) is 0.247. The van der Waals surface area contributed by atoms with Gasteiger partial charge in [0.05, 0.1) is 11.6 Å². The monoisotopic (exact) mass is 488 g/mol. The third-order valence-corrected chi connectivity index (χ3v) is 6.73. The van der Waals surface area contributed by atoms with Gasteiger partial charge in [-0.2, -0.15) is 0 Å². The van der Waals surface area contributed by atoms with E-state index >= 15 is 0 Å². The van der Waals surface area contributed by atoms with Crippen LogP contribution in [0.3, 0.4) is 0 Å². The molecule has 0 saturated carbocycles. The van der Waals surface area contributed by atoms with E-state index in [1.165, 1.54) is 4.90 Å². The van der Waals surface area contributed by atoms with Gasteiger partial charge in [0.1, 0.15) is 5.76 Å². The van der Waals surface area contributed by atoms with Crippen molar-refractivity contribution in [3.63, 3.8) is 0 Å². The van der Waals surface area contributed by atoms with Crippen molar-refractivity contribution in [1.29, 1.82) is 0 Å². The lowest BCUT2D eigenvalue weighted by Crippen LogP contribution is -2.30. The van der Waals surface area contributed by atoms with E-state index in [-0.39, 0.29) is 11.3 Å². The zero-order chi connectivity index (χ0) is 25.3. The Morgan fingerprint density at radius 1 is 0.971 bits per heavy atom. The predicted molar refractivity (Wildman–Crippen MR) is 142 cm³/mol. The second-order valence-electron chi connectivity index (χ2n) is 8.73. The molecule has 0 aliphatic carbocycles. The highest BCUT2D eigenvalue weighted by Crippen LogP contribution is 2.43. The number of aliphatic hydroxyl groups is 1. The largest absolute Gasteiger partial charge is 0.507 e. The van der Waals surface area contributed by atoms with Crippen LogP contribution in [0.15, 0.2) is 72.3 Å². The maximum absolute atomic E-state index is 13.4. The highest BCUT2D eigenvalue weighted by atomic mass is 35.5. The molecule has 0 spiro atoms. The van der Waals surface area contributed by atoms with E-state index in [4.69, 9.17) is 11.6 Å². The lowest BCUT2D eigenvalue weighted by Gasteiger charge is -2.28. The van der Waals surface area contributed by atoms with Gasteiger partial charge in [-0.3, -0.25) is 14.5 Å². The number of benzene rings is 3. The number of aliphatic hydroxyl groups excluding tert-OH is 1. The molecule has 0 radical (unpaired) electrons. The highest BCUT2D eigenvalue weighted by Gasteiger charge is 2.47. The van der Waals surface area contributed by atoms with Crippen LogP contribution in [-0.2, 0) is 9.59 Å². The fourth-order valence-electron chi connectivity index (χ4n) is 4.72. The molecule has 3 aromatic rings.